The van der Waals surface area contributed by atoms with E-state index < -0.39 is 0 Å². The molecule has 3 rings (SSSR count). The van der Waals surface area contributed by atoms with Gasteiger partial charge >= 0.3 is 0 Å². The van der Waals surface area contributed by atoms with Crippen LogP contribution in [0, 0.1) is 6.92 Å². The van der Waals surface area contributed by atoms with Gasteiger partial charge in [0, 0.05) is 22.0 Å². The van der Waals surface area contributed by atoms with E-state index in [1.165, 1.54) is 0 Å². The zero-order chi connectivity index (χ0) is 14.3. The van der Waals surface area contributed by atoms with Gasteiger partial charge in [0.25, 0.3) is 0 Å². The fraction of sp³-hybridized carbons (Fsp3) is 0.188. The van der Waals surface area contributed by atoms with Gasteiger partial charge in [0.2, 0.25) is 0 Å². The molecule has 2 aromatic rings. The average Bonchev–Trinajstić information content (AvgIpc) is 2.87. The molecule has 0 atom stereocenters. The molecule has 0 fully saturated rings. The zero-order valence-electron chi connectivity index (χ0n) is 10.9. The second-order valence-corrected chi connectivity index (χ2v) is 5.70. The second kappa shape index (κ2) is 5.12. The standard InChI is InChI=1S/C16H12Cl2O2/c1-9-2-3-11(17)7-13(9)15(19)14-8-12(18)6-10-4-5-20-16(10)14/h2-3,6-8H,4-5H2,1H3. The highest BCUT2D eigenvalue weighted by Gasteiger charge is 2.23. The van der Waals surface area contributed by atoms with Gasteiger partial charge in [-0.1, -0.05) is 29.3 Å². The summed E-state index contributed by atoms with van der Waals surface area (Å²) < 4.78 is 5.58. The van der Waals surface area contributed by atoms with Gasteiger partial charge in [-0.05, 0) is 42.3 Å². The second-order valence-electron chi connectivity index (χ2n) is 4.83. The molecular formula is C16H12Cl2O2. The van der Waals surface area contributed by atoms with Crippen molar-refractivity contribution in [2.75, 3.05) is 6.61 Å². The van der Waals surface area contributed by atoms with E-state index in [2.05, 4.69) is 0 Å². The van der Waals surface area contributed by atoms with Crippen molar-refractivity contribution >= 4 is 29.0 Å². The highest BCUT2D eigenvalue weighted by molar-refractivity contribution is 6.32. The van der Waals surface area contributed by atoms with Gasteiger partial charge in [-0.15, -0.1) is 0 Å². The summed E-state index contributed by atoms with van der Waals surface area (Å²) in [5, 5.41) is 1.09. The summed E-state index contributed by atoms with van der Waals surface area (Å²) >= 11 is 12.1. The Morgan fingerprint density at radius 3 is 2.65 bits per heavy atom. The molecule has 0 bridgehead atoms. The van der Waals surface area contributed by atoms with Crippen LogP contribution < -0.4 is 4.74 Å². The molecule has 1 heterocycles. The highest BCUT2D eigenvalue weighted by atomic mass is 35.5. The van der Waals surface area contributed by atoms with Crippen molar-refractivity contribution in [3.05, 3.63) is 62.6 Å². The van der Waals surface area contributed by atoms with Gasteiger partial charge in [0.1, 0.15) is 5.75 Å². The monoisotopic (exact) mass is 306 g/mol. The van der Waals surface area contributed by atoms with Crippen molar-refractivity contribution in [3.63, 3.8) is 0 Å². The number of carbonyl (C=O) groups excluding carboxylic acids is 1. The highest BCUT2D eigenvalue weighted by Crippen LogP contribution is 2.34. The Morgan fingerprint density at radius 2 is 1.85 bits per heavy atom. The lowest BCUT2D eigenvalue weighted by Gasteiger charge is -2.10. The fourth-order valence-corrected chi connectivity index (χ4v) is 2.83. The van der Waals surface area contributed by atoms with E-state index >= 15 is 0 Å². The van der Waals surface area contributed by atoms with E-state index in [1.807, 2.05) is 19.1 Å². The number of aryl methyl sites for hydroxylation is 1. The molecule has 0 radical (unpaired) electrons. The SMILES string of the molecule is Cc1ccc(Cl)cc1C(=O)c1cc(Cl)cc2c1OCC2. The molecule has 4 heteroatoms. The quantitative estimate of drug-likeness (QED) is 0.765. The number of hydrogen-bond donors (Lipinski definition) is 0. The van der Waals surface area contributed by atoms with E-state index in [9.17, 15) is 4.79 Å². The average molecular weight is 307 g/mol. The Morgan fingerprint density at radius 1 is 1.10 bits per heavy atom. The topological polar surface area (TPSA) is 26.3 Å². The van der Waals surface area contributed by atoms with Crippen LogP contribution in [0.1, 0.15) is 27.0 Å². The van der Waals surface area contributed by atoms with Crippen LogP contribution in [0.2, 0.25) is 10.0 Å². The minimum absolute atomic E-state index is 0.106. The third-order valence-corrected chi connectivity index (χ3v) is 3.89. The molecule has 0 amide bonds. The maximum atomic E-state index is 12.7. The van der Waals surface area contributed by atoms with Crippen LogP contribution in [0.25, 0.3) is 0 Å². The lowest BCUT2D eigenvalue weighted by atomic mass is 9.97. The smallest absolute Gasteiger partial charge is 0.197 e. The van der Waals surface area contributed by atoms with Crippen molar-refractivity contribution in [3.8, 4) is 5.75 Å². The molecule has 0 unspecified atom stereocenters. The van der Waals surface area contributed by atoms with Crippen LogP contribution in [0.5, 0.6) is 5.75 Å². The number of fused-ring (bicyclic) bond motifs is 1. The summed E-state index contributed by atoms with van der Waals surface area (Å²) in [6, 6.07) is 8.80. The number of ether oxygens (including phenoxy) is 1. The minimum Gasteiger partial charge on any atom is -0.492 e. The molecule has 0 N–H and O–H groups in total. The number of carbonyl (C=O) groups is 1. The Labute approximate surface area is 127 Å². The summed E-state index contributed by atoms with van der Waals surface area (Å²) in [5.41, 5.74) is 2.96. The van der Waals surface area contributed by atoms with Crippen LogP contribution >= 0.6 is 23.2 Å². The summed E-state index contributed by atoms with van der Waals surface area (Å²) in [6.07, 6.45) is 0.782. The predicted octanol–water partition coefficient (Wildman–Crippen LogP) is 4.47. The summed E-state index contributed by atoms with van der Waals surface area (Å²) in [6.45, 7) is 2.47. The first kappa shape index (κ1) is 13.5. The van der Waals surface area contributed by atoms with Crippen LogP contribution in [0.15, 0.2) is 30.3 Å². The van der Waals surface area contributed by atoms with E-state index in [0.29, 0.717) is 33.5 Å². The molecule has 0 spiro atoms. The van der Waals surface area contributed by atoms with Crippen molar-refractivity contribution in [2.24, 2.45) is 0 Å². The van der Waals surface area contributed by atoms with Gasteiger partial charge in [-0.25, -0.2) is 0 Å². The van der Waals surface area contributed by atoms with E-state index in [4.69, 9.17) is 27.9 Å². The third kappa shape index (κ3) is 2.30. The van der Waals surface area contributed by atoms with Crippen molar-refractivity contribution in [2.45, 2.75) is 13.3 Å². The van der Waals surface area contributed by atoms with Gasteiger partial charge in [0.05, 0.1) is 12.2 Å². The van der Waals surface area contributed by atoms with Crippen molar-refractivity contribution in [1.82, 2.24) is 0 Å². The summed E-state index contributed by atoms with van der Waals surface area (Å²) in [7, 11) is 0. The molecular weight excluding hydrogens is 295 g/mol. The normalized spacial score (nSPS) is 12.9. The Balaban J connectivity index is 2.14. The van der Waals surface area contributed by atoms with Gasteiger partial charge < -0.3 is 4.74 Å². The Hall–Kier alpha value is -1.51. The fourth-order valence-electron chi connectivity index (χ4n) is 2.42. The molecule has 0 saturated carbocycles. The molecule has 20 heavy (non-hydrogen) atoms. The molecule has 2 aromatic carbocycles. The van der Waals surface area contributed by atoms with Crippen LogP contribution in [0.4, 0.5) is 0 Å². The van der Waals surface area contributed by atoms with Crippen LogP contribution in [0.3, 0.4) is 0 Å². The molecule has 1 aliphatic rings. The molecule has 1 aliphatic heterocycles. The van der Waals surface area contributed by atoms with Gasteiger partial charge in [-0.3, -0.25) is 4.79 Å². The number of halogens is 2. The number of rotatable bonds is 2. The maximum absolute atomic E-state index is 12.7. The Kier molecular flexibility index (Phi) is 3.45. The predicted molar refractivity (Wildman–Crippen MR) is 80.3 cm³/mol. The largest absolute Gasteiger partial charge is 0.492 e. The van der Waals surface area contributed by atoms with E-state index in [0.717, 1.165) is 17.5 Å². The van der Waals surface area contributed by atoms with Gasteiger partial charge in [0.15, 0.2) is 5.78 Å². The molecule has 102 valence electrons. The number of benzene rings is 2. The first-order valence-corrected chi connectivity index (χ1v) is 7.08. The van der Waals surface area contributed by atoms with Crippen LogP contribution in [-0.2, 0) is 6.42 Å². The summed E-state index contributed by atoms with van der Waals surface area (Å²) in [5.74, 6) is 0.546. The zero-order valence-corrected chi connectivity index (χ0v) is 12.4. The number of hydrogen-bond acceptors (Lipinski definition) is 2. The lowest BCUT2D eigenvalue weighted by molar-refractivity contribution is 0.103. The van der Waals surface area contributed by atoms with E-state index in [-0.39, 0.29) is 5.78 Å². The molecule has 2 nitrogen and oxygen atoms in total. The van der Waals surface area contributed by atoms with Crippen molar-refractivity contribution < 1.29 is 9.53 Å². The third-order valence-electron chi connectivity index (χ3n) is 3.44. The van der Waals surface area contributed by atoms with Gasteiger partial charge in [-0.2, -0.15) is 0 Å². The lowest BCUT2D eigenvalue weighted by Crippen LogP contribution is -2.06. The molecule has 0 aliphatic carbocycles. The molecule has 0 saturated heterocycles. The van der Waals surface area contributed by atoms with Crippen molar-refractivity contribution in [1.29, 1.82) is 0 Å². The minimum atomic E-state index is -0.106. The molecule has 0 aromatic heterocycles. The summed E-state index contributed by atoms with van der Waals surface area (Å²) in [4.78, 5) is 12.7. The Bertz CT molecular complexity index is 708. The first-order chi connectivity index (χ1) is 9.56. The maximum Gasteiger partial charge on any atom is 0.197 e. The first-order valence-electron chi connectivity index (χ1n) is 6.32. The van der Waals surface area contributed by atoms with E-state index in [1.54, 1.807) is 18.2 Å². The number of ketones is 1. The van der Waals surface area contributed by atoms with Crippen LogP contribution in [-0.4, -0.2) is 12.4 Å².